The number of anilines is 1. The number of hydrogen-bond donors (Lipinski definition) is 1. The zero-order valence-corrected chi connectivity index (χ0v) is 23.3. The molecular weight excluding hydrogens is 499 g/mol. The monoisotopic (exact) mass is 536 g/mol. The minimum atomic E-state index is -4.12. The summed E-state index contributed by atoms with van der Waals surface area (Å²) in [5, 5.41) is 2.91. The van der Waals surface area contributed by atoms with Crippen molar-refractivity contribution in [2.45, 2.75) is 52.2 Å². The number of amides is 2. The normalized spacial score (nSPS) is 12.7. The van der Waals surface area contributed by atoms with Gasteiger partial charge in [-0.25, -0.2) is 8.70 Å². The van der Waals surface area contributed by atoms with Crippen molar-refractivity contribution in [3.05, 3.63) is 59.9 Å². The van der Waals surface area contributed by atoms with Crippen molar-refractivity contribution < 1.29 is 27.1 Å². The molecule has 9 nitrogen and oxygen atoms in total. The Morgan fingerprint density at radius 2 is 1.59 bits per heavy atom. The summed E-state index contributed by atoms with van der Waals surface area (Å²) in [7, 11) is 0.117. The molecule has 0 heterocycles. The molecule has 0 saturated heterocycles. The first kappa shape index (κ1) is 30.0. The molecule has 0 fully saturated rings. The van der Waals surface area contributed by atoms with Gasteiger partial charge in [0.15, 0.2) is 0 Å². The van der Waals surface area contributed by atoms with E-state index in [2.05, 4.69) is 5.32 Å². The van der Waals surface area contributed by atoms with Gasteiger partial charge in [0, 0.05) is 26.2 Å². The Labute approximate surface area is 219 Å². The number of nitrogens with one attached hydrogen (secondary N) is 1. The van der Waals surface area contributed by atoms with Gasteiger partial charge < -0.3 is 15.0 Å². The fourth-order valence-corrected chi connectivity index (χ4v) is 4.68. The van der Waals surface area contributed by atoms with Crippen LogP contribution in [0, 0.1) is 5.82 Å². The summed E-state index contributed by atoms with van der Waals surface area (Å²) in [5.74, 6) is -0.829. The molecule has 204 valence electrons. The largest absolute Gasteiger partial charge is 0.497 e. The van der Waals surface area contributed by atoms with Crippen molar-refractivity contribution in [2.24, 2.45) is 0 Å². The predicted molar refractivity (Wildman–Crippen MR) is 142 cm³/mol. The third-order valence-corrected chi connectivity index (χ3v) is 7.35. The fraction of sp³-hybridized carbons (Fsp3) is 0.462. The first-order chi connectivity index (χ1) is 17.2. The molecule has 2 aromatic carbocycles. The third kappa shape index (κ3) is 8.16. The van der Waals surface area contributed by atoms with Gasteiger partial charge in [0.1, 0.15) is 24.2 Å². The van der Waals surface area contributed by atoms with E-state index in [1.807, 2.05) is 20.8 Å². The molecule has 0 aromatic heterocycles. The van der Waals surface area contributed by atoms with Crippen LogP contribution >= 0.6 is 0 Å². The van der Waals surface area contributed by atoms with E-state index in [1.54, 1.807) is 38.3 Å². The van der Waals surface area contributed by atoms with Crippen molar-refractivity contribution in [3.63, 3.8) is 0 Å². The summed E-state index contributed by atoms with van der Waals surface area (Å²) >= 11 is 0. The minimum absolute atomic E-state index is 0.0676. The van der Waals surface area contributed by atoms with Crippen LogP contribution in [0.3, 0.4) is 0 Å². The molecule has 11 heteroatoms. The molecule has 0 aliphatic carbocycles. The predicted octanol–water partition coefficient (Wildman–Crippen LogP) is 3.17. The average molecular weight is 537 g/mol. The number of carbonyl (C=O) groups is 2. The van der Waals surface area contributed by atoms with Crippen LogP contribution in [0.4, 0.5) is 10.1 Å². The zero-order valence-electron chi connectivity index (χ0n) is 22.5. The highest BCUT2D eigenvalue weighted by atomic mass is 32.2. The molecule has 2 rings (SSSR count). The van der Waals surface area contributed by atoms with E-state index in [9.17, 15) is 22.4 Å². The Morgan fingerprint density at radius 3 is 2.05 bits per heavy atom. The van der Waals surface area contributed by atoms with Crippen molar-refractivity contribution in [1.82, 2.24) is 14.5 Å². The van der Waals surface area contributed by atoms with Crippen LogP contribution in [0.5, 0.6) is 5.75 Å². The van der Waals surface area contributed by atoms with Gasteiger partial charge in [-0.2, -0.15) is 12.7 Å². The van der Waals surface area contributed by atoms with Crippen molar-refractivity contribution in [2.75, 3.05) is 32.1 Å². The quantitative estimate of drug-likeness (QED) is 0.476. The summed E-state index contributed by atoms with van der Waals surface area (Å²) in [6, 6.07) is 11.0. The second-order valence-corrected chi connectivity index (χ2v) is 11.9. The van der Waals surface area contributed by atoms with Crippen LogP contribution in [-0.2, 0) is 26.3 Å². The van der Waals surface area contributed by atoms with Gasteiger partial charge in [-0.1, -0.05) is 19.1 Å². The van der Waals surface area contributed by atoms with Crippen molar-refractivity contribution in [1.29, 1.82) is 0 Å². The Balaban J connectivity index is 2.51. The summed E-state index contributed by atoms with van der Waals surface area (Å²) in [6.45, 7) is 6.79. The molecule has 0 aliphatic rings. The molecule has 0 radical (unpaired) electrons. The summed E-state index contributed by atoms with van der Waals surface area (Å²) in [4.78, 5) is 28.4. The Hall–Kier alpha value is -3.18. The number of hydrogen-bond acceptors (Lipinski definition) is 5. The zero-order chi connectivity index (χ0) is 28.0. The minimum Gasteiger partial charge on any atom is -0.497 e. The maximum Gasteiger partial charge on any atom is 0.304 e. The molecule has 0 bridgehead atoms. The molecule has 1 atom stereocenters. The number of benzene rings is 2. The molecule has 0 saturated carbocycles. The van der Waals surface area contributed by atoms with E-state index < -0.39 is 40.1 Å². The van der Waals surface area contributed by atoms with E-state index in [0.29, 0.717) is 12.2 Å². The highest BCUT2D eigenvalue weighted by molar-refractivity contribution is 7.90. The number of methoxy groups -OCH3 is 1. The molecule has 0 aliphatic heterocycles. The van der Waals surface area contributed by atoms with Crippen molar-refractivity contribution in [3.8, 4) is 5.75 Å². The van der Waals surface area contributed by atoms with Gasteiger partial charge in [0.05, 0.1) is 12.8 Å². The number of ether oxygens (including phenoxy) is 1. The molecule has 0 unspecified atom stereocenters. The van der Waals surface area contributed by atoms with Gasteiger partial charge in [0.25, 0.3) is 0 Å². The van der Waals surface area contributed by atoms with Crippen LogP contribution < -0.4 is 14.4 Å². The topological polar surface area (TPSA) is 99.3 Å². The smallest absolute Gasteiger partial charge is 0.304 e. The van der Waals surface area contributed by atoms with Crippen LogP contribution in [0.2, 0.25) is 0 Å². The van der Waals surface area contributed by atoms with Crippen LogP contribution in [0.25, 0.3) is 0 Å². The highest BCUT2D eigenvalue weighted by Gasteiger charge is 2.34. The van der Waals surface area contributed by atoms with Gasteiger partial charge in [-0.3, -0.25) is 9.59 Å². The Bertz CT molecular complexity index is 1160. The van der Waals surface area contributed by atoms with E-state index in [-0.39, 0.29) is 18.1 Å². The SMILES string of the molecule is CC[C@@H](C(=O)NC(C)(C)C)N(Cc1ccc(OC)cc1)C(=O)CN(c1ccc(F)cc1)S(=O)(=O)N(C)C. The second-order valence-electron chi connectivity index (χ2n) is 9.81. The Kier molecular flexibility index (Phi) is 10.0. The number of rotatable bonds is 11. The number of carbonyl (C=O) groups excluding carboxylic acids is 2. The second kappa shape index (κ2) is 12.4. The summed E-state index contributed by atoms with van der Waals surface area (Å²) in [5.41, 5.74) is 0.327. The van der Waals surface area contributed by atoms with Crippen molar-refractivity contribution >= 4 is 27.7 Å². The van der Waals surface area contributed by atoms with Crippen LogP contribution in [0.1, 0.15) is 39.7 Å². The van der Waals surface area contributed by atoms with Crippen LogP contribution in [-0.4, -0.2) is 68.8 Å². The highest BCUT2D eigenvalue weighted by Crippen LogP contribution is 2.22. The van der Waals surface area contributed by atoms with Gasteiger partial charge >= 0.3 is 10.2 Å². The molecule has 37 heavy (non-hydrogen) atoms. The maximum atomic E-state index is 13.8. The third-order valence-electron chi connectivity index (χ3n) is 5.53. The first-order valence-corrected chi connectivity index (χ1v) is 13.3. The lowest BCUT2D eigenvalue weighted by molar-refractivity contribution is -0.141. The van der Waals surface area contributed by atoms with E-state index in [0.717, 1.165) is 26.3 Å². The van der Waals surface area contributed by atoms with Crippen LogP contribution in [0.15, 0.2) is 48.5 Å². The summed E-state index contributed by atoms with van der Waals surface area (Å²) < 4.78 is 47.0. The van der Waals surface area contributed by atoms with E-state index in [1.165, 1.54) is 31.1 Å². The molecular formula is C26H37FN4O5S. The molecule has 2 aromatic rings. The first-order valence-electron chi connectivity index (χ1n) is 11.9. The molecule has 1 N–H and O–H groups in total. The Morgan fingerprint density at radius 1 is 1.03 bits per heavy atom. The number of halogens is 1. The van der Waals surface area contributed by atoms with Gasteiger partial charge in [-0.15, -0.1) is 0 Å². The molecule has 2 amide bonds. The lowest BCUT2D eigenvalue weighted by Crippen LogP contribution is -2.55. The van der Waals surface area contributed by atoms with Gasteiger partial charge in [0.2, 0.25) is 11.8 Å². The fourth-order valence-electron chi connectivity index (χ4n) is 3.62. The van der Waals surface area contributed by atoms with Gasteiger partial charge in [-0.05, 0) is 69.2 Å². The lowest BCUT2D eigenvalue weighted by atomic mass is 10.1. The maximum absolute atomic E-state index is 13.8. The van der Waals surface area contributed by atoms with E-state index in [4.69, 9.17) is 4.74 Å². The summed E-state index contributed by atoms with van der Waals surface area (Å²) in [6.07, 6.45) is 0.306. The van der Waals surface area contributed by atoms with E-state index >= 15 is 0 Å². The molecule has 0 spiro atoms. The standard InChI is InChI=1S/C26H37FN4O5S/c1-8-23(25(33)28-26(2,3)4)30(17-19-9-15-22(36-7)16-10-19)24(32)18-31(37(34,35)29(5)6)21-13-11-20(27)12-14-21/h9-16,23H,8,17-18H2,1-7H3,(H,28,33)/t23-/m0/s1. The number of nitrogens with zero attached hydrogens (tertiary/aromatic N) is 3. The lowest BCUT2D eigenvalue weighted by Gasteiger charge is -2.35. The average Bonchev–Trinajstić information content (AvgIpc) is 2.82.